The van der Waals surface area contributed by atoms with Crippen LogP contribution >= 0.6 is 0 Å². The predicted octanol–water partition coefficient (Wildman–Crippen LogP) is 3.62. The van der Waals surface area contributed by atoms with Gasteiger partial charge in [-0.25, -0.2) is 4.79 Å². The highest BCUT2D eigenvalue weighted by Gasteiger charge is 2.41. The Morgan fingerprint density at radius 2 is 1.84 bits per heavy atom. The second-order valence-corrected chi connectivity index (χ2v) is 6.92. The van der Waals surface area contributed by atoms with Crippen LogP contribution in [0.4, 0.5) is 13.2 Å². The van der Waals surface area contributed by atoms with E-state index in [1.54, 1.807) is 24.3 Å². The zero-order chi connectivity index (χ0) is 22.6. The number of rotatable bonds is 6. The van der Waals surface area contributed by atoms with Gasteiger partial charge in [0.05, 0.1) is 13.0 Å². The highest BCUT2D eigenvalue weighted by Crippen LogP contribution is 2.36. The standard InChI is InChI=1S/C21H19F3N2O5/c22-21(23,24)10-9-17(28)26-11-15(25-31-12-13-5-2-1-3-6-13)18-14(19(26)20(29)30)7-4-8-16(18)27/h1-8,19,27H,9-12H2,(H,29,30). The molecule has 1 aliphatic rings. The van der Waals surface area contributed by atoms with Gasteiger partial charge < -0.3 is 20.0 Å². The monoisotopic (exact) mass is 436 g/mol. The summed E-state index contributed by atoms with van der Waals surface area (Å²) >= 11 is 0. The topological polar surface area (TPSA) is 99.4 Å². The molecule has 1 heterocycles. The molecule has 1 amide bonds. The maximum Gasteiger partial charge on any atom is 0.389 e. The number of nitrogens with zero attached hydrogens (tertiary/aromatic N) is 2. The molecule has 10 heteroatoms. The Morgan fingerprint density at radius 3 is 2.48 bits per heavy atom. The molecule has 7 nitrogen and oxygen atoms in total. The summed E-state index contributed by atoms with van der Waals surface area (Å²) in [4.78, 5) is 30.5. The van der Waals surface area contributed by atoms with Crippen LogP contribution in [0.25, 0.3) is 0 Å². The molecule has 0 saturated carbocycles. The minimum absolute atomic E-state index is 0.0427. The largest absolute Gasteiger partial charge is 0.507 e. The van der Waals surface area contributed by atoms with Crippen molar-refractivity contribution >= 4 is 17.6 Å². The number of carboxylic acid groups (broad SMARTS) is 1. The first-order valence-electron chi connectivity index (χ1n) is 9.31. The minimum atomic E-state index is -4.56. The van der Waals surface area contributed by atoms with Crippen LogP contribution in [-0.2, 0) is 21.0 Å². The third-order valence-corrected chi connectivity index (χ3v) is 4.72. The van der Waals surface area contributed by atoms with E-state index in [9.17, 15) is 33.0 Å². The van der Waals surface area contributed by atoms with E-state index in [4.69, 9.17) is 4.84 Å². The number of phenolic OH excluding ortho intramolecular Hbond substituents is 1. The van der Waals surface area contributed by atoms with Crippen molar-refractivity contribution in [1.29, 1.82) is 0 Å². The maximum atomic E-state index is 12.6. The summed E-state index contributed by atoms with van der Waals surface area (Å²) in [6.07, 6.45) is -6.84. The average Bonchev–Trinajstić information content (AvgIpc) is 2.71. The van der Waals surface area contributed by atoms with Gasteiger partial charge in [0, 0.05) is 12.0 Å². The lowest BCUT2D eigenvalue weighted by Gasteiger charge is -2.35. The van der Waals surface area contributed by atoms with E-state index >= 15 is 0 Å². The number of carbonyl (C=O) groups excluding carboxylic acids is 1. The first kappa shape index (κ1) is 22.1. The van der Waals surface area contributed by atoms with E-state index < -0.39 is 43.5 Å². The van der Waals surface area contributed by atoms with Crippen molar-refractivity contribution in [2.45, 2.75) is 31.7 Å². The molecule has 2 aromatic rings. The number of benzene rings is 2. The number of aliphatic carboxylic acids is 1. The lowest BCUT2D eigenvalue weighted by Crippen LogP contribution is -2.46. The van der Waals surface area contributed by atoms with Crippen molar-refractivity contribution in [2.75, 3.05) is 6.54 Å². The fourth-order valence-electron chi connectivity index (χ4n) is 3.32. The van der Waals surface area contributed by atoms with Crippen LogP contribution in [-0.4, -0.2) is 45.4 Å². The molecule has 0 fully saturated rings. The third-order valence-electron chi connectivity index (χ3n) is 4.72. The SMILES string of the molecule is O=C(O)C1c2cccc(O)c2C(=NOCc2ccccc2)CN1C(=O)CCC(F)(F)F. The minimum Gasteiger partial charge on any atom is -0.507 e. The summed E-state index contributed by atoms with van der Waals surface area (Å²) < 4.78 is 37.7. The zero-order valence-corrected chi connectivity index (χ0v) is 16.2. The number of hydrogen-bond acceptors (Lipinski definition) is 5. The lowest BCUT2D eigenvalue weighted by molar-refractivity contribution is -0.155. The first-order chi connectivity index (χ1) is 14.7. The van der Waals surface area contributed by atoms with Crippen LogP contribution < -0.4 is 0 Å². The fraction of sp³-hybridized carbons (Fsp3) is 0.286. The summed E-state index contributed by atoms with van der Waals surface area (Å²) in [5, 5.41) is 23.9. The molecule has 1 unspecified atom stereocenters. The molecular weight excluding hydrogens is 417 g/mol. The highest BCUT2D eigenvalue weighted by atomic mass is 19.4. The smallest absolute Gasteiger partial charge is 0.389 e. The van der Waals surface area contributed by atoms with Gasteiger partial charge >= 0.3 is 12.1 Å². The number of carbonyl (C=O) groups is 2. The zero-order valence-electron chi connectivity index (χ0n) is 16.2. The second-order valence-electron chi connectivity index (χ2n) is 6.92. The summed E-state index contributed by atoms with van der Waals surface area (Å²) in [5.41, 5.74) is 0.965. The number of phenols is 1. The van der Waals surface area contributed by atoms with Crippen molar-refractivity contribution in [2.24, 2.45) is 5.16 Å². The third kappa shape index (κ3) is 5.33. The molecule has 0 saturated heterocycles. The van der Waals surface area contributed by atoms with E-state index in [-0.39, 0.29) is 29.2 Å². The van der Waals surface area contributed by atoms with Gasteiger partial charge in [-0.1, -0.05) is 47.6 Å². The molecule has 31 heavy (non-hydrogen) atoms. The van der Waals surface area contributed by atoms with Crippen LogP contribution in [0.5, 0.6) is 5.75 Å². The van der Waals surface area contributed by atoms with Crippen LogP contribution in [0, 0.1) is 0 Å². The molecule has 2 aromatic carbocycles. The van der Waals surface area contributed by atoms with E-state index in [0.29, 0.717) is 0 Å². The Labute approximate surface area is 175 Å². The Hall–Kier alpha value is -3.56. The molecular formula is C21H19F3N2O5. The fourth-order valence-corrected chi connectivity index (χ4v) is 3.32. The van der Waals surface area contributed by atoms with Crippen molar-refractivity contribution in [3.63, 3.8) is 0 Å². The second kappa shape index (κ2) is 9.07. The molecule has 0 aromatic heterocycles. The van der Waals surface area contributed by atoms with E-state index in [2.05, 4.69) is 5.16 Å². The Balaban J connectivity index is 1.93. The van der Waals surface area contributed by atoms with Gasteiger partial charge in [0.1, 0.15) is 18.1 Å². The average molecular weight is 436 g/mol. The molecule has 3 rings (SSSR count). The molecule has 2 N–H and O–H groups in total. The Morgan fingerprint density at radius 1 is 1.13 bits per heavy atom. The highest BCUT2D eigenvalue weighted by molar-refractivity contribution is 6.09. The molecule has 0 bridgehead atoms. The number of hydrogen-bond donors (Lipinski definition) is 2. The van der Waals surface area contributed by atoms with Gasteiger partial charge in [0.2, 0.25) is 5.91 Å². The Bertz CT molecular complexity index is 992. The number of oxime groups is 1. The van der Waals surface area contributed by atoms with E-state index in [0.717, 1.165) is 10.5 Å². The molecule has 0 radical (unpaired) electrons. The van der Waals surface area contributed by atoms with Crippen molar-refractivity contribution in [3.05, 3.63) is 65.2 Å². The van der Waals surface area contributed by atoms with Gasteiger partial charge in [0.25, 0.3) is 0 Å². The normalized spacial score (nSPS) is 17.3. The van der Waals surface area contributed by atoms with Gasteiger partial charge in [-0.3, -0.25) is 4.79 Å². The van der Waals surface area contributed by atoms with E-state index in [1.807, 2.05) is 6.07 Å². The van der Waals surface area contributed by atoms with Crippen LogP contribution in [0.15, 0.2) is 53.7 Å². The molecule has 0 aliphatic carbocycles. The maximum absolute atomic E-state index is 12.6. The number of carboxylic acids is 1. The molecule has 1 atom stereocenters. The van der Waals surface area contributed by atoms with Gasteiger partial charge in [-0.05, 0) is 17.2 Å². The molecule has 1 aliphatic heterocycles. The predicted molar refractivity (Wildman–Crippen MR) is 103 cm³/mol. The number of amides is 1. The molecule has 0 spiro atoms. The lowest BCUT2D eigenvalue weighted by atomic mass is 9.90. The van der Waals surface area contributed by atoms with Crippen LogP contribution in [0.3, 0.4) is 0 Å². The summed E-state index contributed by atoms with van der Waals surface area (Å²) in [7, 11) is 0. The van der Waals surface area contributed by atoms with Gasteiger partial charge in [-0.15, -0.1) is 0 Å². The van der Waals surface area contributed by atoms with E-state index in [1.165, 1.54) is 18.2 Å². The van der Waals surface area contributed by atoms with Crippen molar-refractivity contribution < 1.29 is 37.8 Å². The quantitative estimate of drug-likeness (QED) is 0.674. The Kier molecular flexibility index (Phi) is 6.47. The summed E-state index contributed by atoms with van der Waals surface area (Å²) in [5.74, 6) is -2.70. The van der Waals surface area contributed by atoms with Crippen molar-refractivity contribution in [1.82, 2.24) is 4.90 Å². The van der Waals surface area contributed by atoms with Crippen LogP contribution in [0.1, 0.15) is 35.6 Å². The summed E-state index contributed by atoms with van der Waals surface area (Å²) in [6, 6.07) is 11.5. The van der Waals surface area contributed by atoms with Gasteiger partial charge in [-0.2, -0.15) is 13.2 Å². The summed E-state index contributed by atoms with van der Waals surface area (Å²) in [6.45, 7) is -0.356. The molecule has 164 valence electrons. The van der Waals surface area contributed by atoms with Crippen molar-refractivity contribution in [3.8, 4) is 5.75 Å². The number of fused-ring (bicyclic) bond motifs is 1. The number of halogens is 3. The van der Waals surface area contributed by atoms with Gasteiger partial charge in [0.15, 0.2) is 6.04 Å². The first-order valence-corrected chi connectivity index (χ1v) is 9.31. The number of alkyl halides is 3. The van der Waals surface area contributed by atoms with Crippen LogP contribution in [0.2, 0.25) is 0 Å². The number of aromatic hydroxyl groups is 1.